The minimum absolute atomic E-state index is 0.217. The fourth-order valence-corrected chi connectivity index (χ4v) is 4.92. The van der Waals surface area contributed by atoms with Crippen LogP contribution in [0.3, 0.4) is 0 Å². The molecule has 0 amide bonds. The average molecular weight is 410 g/mol. The topological polar surface area (TPSA) is 101 Å². The molecule has 8 nitrogen and oxygen atoms in total. The van der Waals surface area contributed by atoms with E-state index in [-0.39, 0.29) is 11.3 Å². The molecule has 28 heavy (non-hydrogen) atoms. The minimum atomic E-state index is -3.00. The van der Waals surface area contributed by atoms with Crippen molar-refractivity contribution in [2.24, 2.45) is 0 Å². The van der Waals surface area contributed by atoms with E-state index in [2.05, 4.69) is 0 Å². The van der Waals surface area contributed by atoms with Crippen LogP contribution < -0.4 is 4.31 Å². The first-order valence-corrected chi connectivity index (χ1v) is 10.7. The van der Waals surface area contributed by atoms with Gasteiger partial charge < -0.3 is 9.47 Å². The van der Waals surface area contributed by atoms with Crippen molar-refractivity contribution in [3.63, 3.8) is 0 Å². The molecule has 1 aromatic carbocycles. The van der Waals surface area contributed by atoms with Gasteiger partial charge in [-0.25, -0.2) is 9.59 Å². The van der Waals surface area contributed by atoms with Crippen LogP contribution in [-0.2, 0) is 9.47 Å². The number of nitrogens with zero attached hydrogens (tertiary/aromatic N) is 2. The summed E-state index contributed by atoms with van der Waals surface area (Å²) in [4.78, 5) is 24.8. The van der Waals surface area contributed by atoms with Crippen LogP contribution in [0, 0.1) is 0 Å². The lowest BCUT2D eigenvalue weighted by Crippen LogP contribution is -2.34. The number of ether oxygens (including phenoxy) is 2. The number of anilines is 1. The minimum Gasteiger partial charge on any atom is -0.465 e. The van der Waals surface area contributed by atoms with Crippen molar-refractivity contribution in [2.75, 3.05) is 23.7 Å². The Morgan fingerprint density at radius 3 is 2.50 bits per heavy atom. The molecule has 1 aliphatic heterocycles. The van der Waals surface area contributed by atoms with Gasteiger partial charge in [0.2, 0.25) is 0 Å². The number of rotatable bonds is 2. The van der Waals surface area contributed by atoms with E-state index < -0.39 is 28.4 Å². The molecule has 1 saturated heterocycles. The number of hydrogen-bond acceptors (Lipinski definition) is 7. The van der Waals surface area contributed by atoms with Gasteiger partial charge in [-0.2, -0.15) is 0 Å². The molecule has 2 heterocycles. The molecule has 1 fully saturated rings. The van der Waals surface area contributed by atoms with E-state index in [4.69, 9.17) is 9.47 Å². The molecule has 1 aromatic heterocycles. The van der Waals surface area contributed by atoms with E-state index in [0.29, 0.717) is 23.1 Å². The first-order valence-electron chi connectivity index (χ1n) is 9.04. The normalized spacial score (nSPS) is 18.0. The van der Waals surface area contributed by atoms with Crippen molar-refractivity contribution in [2.45, 2.75) is 39.2 Å². The molecule has 154 valence electrons. The number of carbonyl (C=O) groups excluding carboxylic acids is 2. The quantitative estimate of drug-likeness (QED) is 0.704. The zero-order chi connectivity index (χ0) is 20.7. The van der Waals surface area contributed by atoms with Crippen LogP contribution >= 0.6 is 10.8 Å². The highest BCUT2D eigenvalue weighted by molar-refractivity contribution is 8.25. The smallest absolute Gasteiger partial charge is 0.418 e. The molecule has 0 atom stereocenters. The molecule has 2 aromatic rings. The molecule has 0 spiro atoms. The molecule has 2 N–H and O–H groups in total. The van der Waals surface area contributed by atoms with Gasteiger partial charge in [-0.1, -0.05) is 0 Å². The Morgan fingerprint density at radius 2 is 1.89 bits per heavy atom. The SMILES string of the molecule is COC(=O)c1cc(N2CCCCS2(O)O)c2ccn(C(=O)OC(C)(C)C)c2c1. The van der Waals surface area contributed by atoms with Gasteiger partial charge in [-0.05, 0) is 51.8 Å². The first kappa shape index (κ1) is 20.5. The van der Waals surface area contributed by atoms with Crippen molar-refractivity contribution in [1.82, 2.24) is 4.57 Å². The lowest BCUT2D eigenvalue weighted by molar-refractivity contribution is 0.0541. The molecule has 0 bridgehead atoms. The van der Waals surface area contributed by atoms with Crippen LogP contribution in [0.25, 0.3) is 10.9 Å². The van der Waals surface area contributed by atoms with E-state index >= 15 is 0 Å². The second kappa shape index (κ2) is 7.31. The molecule has 0 radical (unpaired) electrons. The maximum Gasteiger partial charge on any atom is 0.418 e. The molecule has 3 rings (SSSR count). The summed E-state index contributed by atoms with van der Waals surface area (Å²) < 4.78 is 34.2. The Balaban J connectivity index is 2.18. The van der Waals surface area contributed by atoms with E-state index in [1.807, 2.05) is 0 Å². The maximum absolute atomic E-state index is 12.6. The summed E-state index contributed by atoms with van der Waals surface area (Å²) in [5.74, 6) is -0.308. The fourth-order valence-electron chi connectivity index (χ4n) is 3.22. The van der Waals surface area contributed by atoms with E-state index in [1.165, 1.54) is 16.0 Å². The lowest BCUT2D eigenvalue weighted by atomic mass is 10.1. The first-order chi connectivity index (χ1) is 13.0. The number of benzene rings is 1. The standard InChI is InChI=1S/C19H26N2O6S/c1-19(2,3)27-18(23)20-9-7-14-15(20)11-13(17(22)26-4)12-16(14)21-8-5-6-10-28(21,24)25/h7,9,11-12,24-25H,5-6,8,10H2,1-4H3. The number of esters is 1. The summed E-state index contributed by atoms with van der Waals surface area (Å²) in [7, 11) is -1.73. The Morgan fingerprint density at radius 1 is 1.18 bits per heavy atom. The van der Waals surface area contributed by atoms with Gasteiger partial charge >= 0.3 is 12.1 Å². The highest BCUT2D eigenvalue weighted by Crippen LogP contribution is 2.51. The summed E-state index contributed by atoms with van der Waals surface area (Å²) in [6.07, 6.45) is 2.49. The predicted molar refractivity (Wildman–Crippen MR) is 109 cm³/mol. The Hall–Kier alpha value is -2.23. The second-order valence-corrected chi connectivity index (χ2v) is 9.84. The number of aromatic nitrogens is 1. The third-order valence-electron chi connectivity index (χ3n) is 4.45. The van der Waals surface area contributed by atoms with Crippen LogP contribution in [0.2, 0.25) is 0 Å². The zero-order valence-corrected chi connectivity index (χ0v) is 17.3. The zero-order valence-electron chi connectivity index (χ0n) is 16.5. The Labute approximate surface area is 165 Å². The monoisotopic (exact) mass is 410 g/mol. The fraction of sp³-hybridized carbons (Fsp3) is 0.474. The Kier molecular flexibility index (Phi) is 5.35. The molecule has 0 aliphatic carbocycles. The van der Waals surface area contributed by atoms with Gasteiger partial charge in [0.1, 0.15) is 5.60 Å². The molecule has 0 unspecified atom stereocenters. The van der Waals surface area contributed by atoms with Crippen LogP contribution in [-0.4, -0.2) is 50.7 Å². The number of fused-ring (bicyclic) bond motifs is 1. The lowest BCUT2D eigenvalue weighted by Gasteiger charge is -2.47. The van der Waals surface area contributed by atoms with Gasteiger partial charge in [0.25, 0.3) is 0 Å². The summed E-state index contributed by atoms with van der Waals surface area (Å²) in [6, 6.07) is 4.83. The predicted octanol–water partition coefficient (Wildman–Crippen LogP) is 4.48. The summed E-state index contributed by atoms with van der Waals surface area (Å²) in [6.45, 7) is 5.75. The highest BCUT2D eigenvalue weighted by Gasteiger charge is 2.30. The Bertz CT molecular complexity index is 915. The van der Waals surface area contributed by atoms with Gasteiger partial charge in [-0.15, -0.1) is 10.8 Å². The van der Waals surface area contributed by atoms with Gasteiger partial charge in [0.05, 0.1) is 29.6 Å². The van der Waals surface area contributed by atoms with Gasteiger partial charge in [-0.3, -0.25) is 18.0 Å². The van der Waals surface area contributed by atoms with Crippen LogP contribution in [0.4, 0.5) is 10.5 Å². The van der Waals surface area contributed by atoms with Crippen molar-refractivity contribution in [1.29, 1.82) is 0 Å². The summed E-state index contributed by atoms with van der Waals surface area (Å²) in [5, 5.41) is 0.625. The number of carbonyl (C=O) groups is 2. The molecule has 9 heteroatoms. The third kappa shape index (κ3) is 3.96. The van der Waals surface area contributed by atoms with Crippen LogP contribution in [0.1, 0.15) is 44.0 Å². The number of methoxy groups -OCH3 is 1. The van der Waals surface area contributed by atoms with Crippen molar-refractivity contribution in [3.8, 4) is 0 Å². The van der Waals surface area contributed by atoms with E-state index in [9.17, 15) is 18.7 Å². The summed E-state index contributed by atoms with van der Waals surface area (Å²) in [5.41, 5.74) is 0.459. The van der Waals surface area contributed by atoms with Gasteiger partial charge in [0, 0.05) is 18.1 Å². The van der Waals surface area contributed by atoms with Crippen molar-refractivity contribution >= 4 is 39.4 Å². The van der Waals surface area contributed by atoms with Crippen molar-refractivity contribution < 1.29 is 28.2 Å². The highest BCUT2D eigenvalue weighted by atomic mass is 32.3. The molecular formula is C19H26N2O6S. The largest absolute Gasteiger partial charge is 0.465 e. The van der Waals surface area contributed by atoms with Crippen LogP contribution in [0.15, 0.2) is 24.4 Å². The van der Waals surface area contributed by atoms with Crippen molar-refractivity contribution in [3.05, 3.63) is 30.0 Å². The number of hydrogen-bond donors (Lipinski definition) is 2. The third-order valence-corrected chi connectivity index (χ3v) is 6.37. The summed E-state index contributed by atoms with van der Waals surface area (Å²) >= 11 is 0. The molecular weight excluding hydrogens is 384 g/mol. The van der Waals surface area contributed by atoms with E-state index in [1.54, 1.807) is 45.2 Å². The second-order valence-electron chi connectivity index (χ2n) is 7.73. The average Bonchev–Trinajstić information content (AvgIpc) is 3.02. The molecule has 0 saturated carbocycles. The molecule has 1 aliphatic rings. The van der Waals surface area contributed by atoms with Crippen LogP contribution in [0.5, 0.6) is 0 Å². The van der Waals surface area contributed by atoms with E-state index in [0.717, 1.165) is 12.8 Å². The maximum atomic E-state index is 12.6. The van der Waals surface area contributed by atoms with Gasteiger partial charge in [0.15, 0.2) is 0 Å².